The van der Waals surface area contributed by atoms with Gasteiger partial charge in [0.05, 0.1) is 6.26 Å². The highest BCUT2D eigenvalue weighted by Crippen LogP contribution is 2.28. The predicted molar refractivity (Wildman–Crippen MR) is 109 cm³/mol. The van der Waals surface area contributed by atoms with Crippen molar-refractivity contribution in [3.8, 4) is 11.4 Å². The number of aromatic nitrogens is 2. The first kappa shape index (κ1) is 19.9. The number of piperidine rings is 1. The van der Waals surface area contributed by atoms with Crippen LogP contribution in [0.4, 0.5) is 0 Å². The molecule has 1 atom stereocenters. The summed E-state index contributed by atoms with van der Waals surface area (Å²) in [6.45, 7) is 4.87. The Balaban J connectivity index is 1.32. The van der Waals surface area contributed by atoms with Gasteiger partial charge in [-0.15, -0.1) is 0 Å². The van der Waals surface area contributed by atoms with Crippen molar-refractivity contribution in [2.75, 3.05) is 13.1 Å². The number of furan rings is 1. The molecule has 8 nitrogen and oxygen atoms in total. The molecule has 1 fully saturated rings. The quantitative estimate of drug-likeness (QED) is 0.696. The molecule has 30 heavy (non-hydrogen) atoms. The van der Waals surface area contributed by atoms with Gasteiger partial charge in [0.2, 0.25) is 17.6 Å². The highest BCUT2D eigenvalue weighted by atomic mass is 16.5. The lowest BCUT2D eigenvalue weighted by molar-refractivity contribution is -0.134. The van der Waals surface area contributed by atoms with E-state index < -0.39 is 11.9 Å². The maximum absolute atomic E-state index is 12.7. The first-order valence-electron chi connectivity index (χ1n) is 10.0. The molecular formula is C22H24N4O4. The van der Waals surface area contributed by atoms with Crippen LogP contribution in [0.3, 0.4) is 0 Å². The fourth-order valence-electron chi connectivity index (χ4n) is 3.58. The van der Waals surface area contributed by atoms with Crippen LogP contribution in [-0.4, -0.2) is 46.0 Å². The van der Waals surface area contributed by atoms with E-state index in [1.54, 1.807) is 24.0 Å². The largest absolute Gasteiger partial charge is 0.459 e. The Morgan fingerprint density at radius 2 is 1.90 bits per heavy atom. The number of nitrogens with zero attached hydrogens (tertiary/aromatic N) is 3. The monoisotopic (exact) mass is 408 g/mol. The summed E-state index contributed by atoms with van der Waals surface area (Å²) in [5.74, 6) is 0.988. The minimum absolute atomic E-state index is 0.112. The molecule has 2 amide bonds. The Morgan fingerprint density at radius 1 is 1.17 bits per heavy atom. The molecule has 4 rings (SSSR count). The minimum atomic E-state index is -0.629. The fraction of sp³-hybridized carbons (Fsp3) is 0.364. The summed E-state index contributed by atoms with van der Waals surface area (Å²) in [5.41, 5.74) is 2.10. The number of aryl methyl sites for hydroxylation is 1. The lowest BCUT2D eigenvalue weighted by atomic mass is 9.96. The zero-order valence-corrected chi connectivity index (χ0v) is 17.0. The van der Waals surface area contributed by atoms with Gasteiger partial charge in [0, 0.05) is 24.6 Å². The van der Waals surface area contributed by atoms with Crippen molar-refractivity contribution in [3.63, 3.8) is 0 Å². The van der Waals surface area contributed by atoms with Crippen LogP contribution in [0.25, 0.3) is 11.4 Å². The van der Waals surface area contributed by atoms with Gasteiger partial charge in [0.1, 0.15) is 6.04 Å². The van der Waals surface area contributed by atoms with Gasteiger partial charge in [-0.1, -0.05) is 35.0 Å². The Morgan fingerprint density at radius 3 is 2.57 bits per heavy atom. The zero-order chi connectivity index (χ0) is 21.1. The van der Waals surface area contributed by atoms with Crippen molar-refractivity contribution >= 4 is 11.8 Å². The molecule has 0 bridgehead atoms. The van der Waals surface area contributed by atoms with Crippen molar-refractivity contribution < 1.29 is 18.5 Å². The number of hydrogen-bond acceptors (Lipinski definition) is 6. The summed E-state index contributed by atoms with van der Waals surface area (Å²) in [5, 5.41) is 6.79. The number of nitrogens with one attached hydrogen (secondary N) is 1. The Labute approximate surface area is 174 Å². The van der Waals surface area contributed by atoms with Crippen LogP contribution in [0.2, 0.25) is 0 Å². The topological polar surface area (TPSA) is 101 Å². The van der Waals surface area contributed by atoms with Gasteiger partial charge in [-0.05, 0) is 38.8 Å². The van der Waals surface area contributed by atoms with E-state index in [0.29, 0.717) is 24.8 Å². The van der Waals surface area contributed by atoms with Gasteiger partial charge in [0.25, 0.3) is 5.91 Å². The lowest BCUT2D eigenvalue weighted by Crippen LogP contribution is -2.49. The fourth-order valence-corrected chi connectivity index (χ4v) is 3.58. The Bertz CT molecular complexity index is 1000. The molecule has 1 N–H and O–H groups in total. The number of carbonyl (C=O) groups is 2. The average molecular weight is 408 g/mol. The molecule has 0 saturated carbocycles. The van der Waals surface area contributed by atoms with Crippen molar-refractivity contribution in [2.24, 2.45) is 0 Å². The third kappa shape index (κ3) is 4.27. The maximum atomic E-state index is 12.7. The molecule has 3 heterocycles. The second kappa shape index (κ2) is 8.52. The van der Waals surface area contributed by atoms with E-state index in [9.17, 15) is 9.59 Å². The van der Waals surface area contributed by atoms with E-state index in [-0.39, 0.29) is 17.6 Å². The molecule has 1 saturated heterocycles. The number of hydrogen-bond donors (Lipinski definition) is 1. The minimum Gasteiger partial charge on any atom is -0.459 e. The number of benzene rings is 1. The highest BCUT2D eigenvalue weighted by molar-refractivity contribution is 5.95. The summed E-state index contributed by atoms with van der Waals surface area (Å²) in [6.07, 6.45) is 2.90. The Hall–Kier alpha value is -3.42. The number of likely N-dealkylation sites (tertiary alicyclic amines) is 1. The molecular weight excluding hydrogens is 384 g/mol. The highest BCUT2D eigenvalue weighted by Gasteiger charge is 2.30. The van der Waals surface area contributed by atoms with Crippen LogP contribution in [-0.2, 0) is 4.79 Å². The molecule has 156 valence electrons. The maximum Gasteiger partial charge on any atom is 0.287 e. The molecule has 2 aromatic heterocycles. The van der Waals surface area contributed by atoms with Crippen LogP contribution in [0, 0.1) is 6.92 Å². The second-order valence-electron chi connectivity index (χ2n) is 7.59. The first-order chi connectivity index (χ1) is 14.5. The van der Waals surface area contributed by atoms with Gasteiger partial charge in [-0.2, -0.15) is 4.98 Å². The van der Waals surface area contributed by atoms with E-state index in [0.717, 1.165) is 18.4 Å². The van der Waals surface area contributed by atoms with E-state index >= 15 is 0 Å². The van der Waals surface area contributed by atoms with Crippen molar-refractivity contribution in [1.82, 2.24) is 20.4 Å². The molecule has 8 heteroatoms. The van der Waals surface area contributed by atoms with Gasteiger partial charge >= 0.3 is 0 Å². The summed E-state index contributed by atoms with van der Waals surface area (Å²) in [7, 11) is 0. The summed E-state index contributed by atoms with van der Waals surface area (Å²) in [4.78, 5) is 31.1. The van der Waals surface area contributed by atoms with Crippen LogP contribution in [0.15, 0.2) is 51.6 Å². The van der Waals surface area contributed by atoms with Crippen LogP contribution < -0.4 is 5.32 Å². The zero-order valence-electron chi connectivity index (χ0n) is 17.0. The van der Waals surface area contributed by atoms with Crippen molar-refractivity contribution in [3.05, 3.63) is 59.9 Å². The van der Waals surface area contributed by atoms with Crippen LogP contribution >= 0.6 is 0 Å². The van der Waals surface area contributed by atoms with E-state index in [4.69, 9.17) is 8.94 Å². The number of rotatable bonds is 5. The third-order valence-electron chi connectivity index (χ3n) is 5.37. The Kier molecular flexibility index (Phi) is 5.65. The van der Waals surface area contributed by atoms with E-state index in [1.807, 2.05) is 31.2 Å². The molecule has 3 aromatic rings. The summed E-state index contributed by atoms with van der Waals surface area (Å²) in [6, 6.07) is 10.5. The summed E-state index contributed by atoms with van der Waals surface area (Å²) >= 11 is 0. The van der Waals surface area contributed by atoms with Crippen molar-refractivity contribution in [2.45, 2.75) is 38.6 Å². The third-order valence-corrected chi connectivity index (χ3v) is 5.37. The standard InChI is InChI=1S/C22H24N4O4/c1-14-5-7-16(8-6-14)19-24-21(30-25-19)17-9-11-26(12-10-17)22(28)15(2)23-20(27)18-4-3-13-29-18/h3-8,13,15,17H,9-12H2,1-2H3,(H,23,27). The van der Waals surface area contributed by atoms with Gasteiger partial charge in [-0.25, -0.2) is 0 Å². The second-order valence-corrected chi connectivity index (χ2v) is 7.59. The van der Waals surface area contributed by atoms with Gasteiger partial charge < -0.3 is 19.2 Å². The molecule has 0 aliphatic carbocycles. The summed E-state index contributed by atoms with van der Waals surface area (Å²) < 4.78 is 10.6. The number of carbonyl (C=O) groups excluding carboxylic acids is 2. The van der Waals surface area contributed by atoms with Gasteiger partial charge in [0.15, 0.2) is 5.76 Å². The van der Waals surface area contributed by atoms with Crippen molar-refractivity contribution in [1.29, 1.82) is 0 Å². The van der Waals surface area contributed by atoms with Gasteiger partial charge in [-0.3, -0.25) is 9.59 Å². The number of amides is 2. The average Bonchev–Trinajstić information content (AvgIpc) is 3.46. The molecule has 0 spiro atoms. The van der Waals surface area contributed by atoms with E-state index in [1.165, 1.54) is 11.8 Å². The molecule has 1 aromatic carbocycles. The lowest BCUT2D eigenvalue weighted by Gasteiger charge is -2.32. The van der Waals surface area contributed by atoms with E-state index in [2.05, 4.69) is 15.5 Å². The normalized spacial score (nSPS) is 15.7. The SMILES string of the molecule is Cc1ccc(-c2noc(C3CCN(C(=O)C(C)NC(=O)c4ccco4)CC3)n2)cc1. The molecule has 1 aliphatic heterocycles. The smallest absolute Gasteiger partial charge is 0.287 e. The molecule has 0 radical (unpaired) electrons. The molecule has 1 aliphatic rings. The molecule has 1 unspecified atom stereocenters. The van der Waals surface area contributed by atoms with Crippen LogP contribution in [0.1, 0.15) is 47.7 Å². The predicted octanol–water partition coefficient (Wildman–Crippen LogP) is 3.16. The first-order valence-corrected chi connectivity index (χ1v) is 10.0. The van der Waals surface area contributed by atoms with Crippen LogP contribution in [0.5, 0.6) is 0 Å².